The molecular formula is C10H9NO3S. The quantitative estimate of drug-likeness (QED) is 0.766. The summed E-state index contributed by atoms with van der Waals surface area (Å²) in [5.74, 6) is -1.08. The fraction of sp³-hybridized carbons (Fsp3) is 0.200. The minimum Gasteiger partial charge on any atom is -0.465 e. The lowest BCUT2D eigenvalue weighted by molar-refractivity contribution is 0.0597. The molecule has 1 aromatic rings. The molecule has 0 saturated carbocycles. The standard InChI is InChI=1S/C10H9NO3S/c1-14-10(13)7-5-3-2-4-6(5)15-8(7)9(11)12/h2,4H,3H2,1H3,(H2,11,12). The summed E-state index contributed by atoms with van der Waals surface area (Å²) in [5, 5.41) is 0. The highest BCUT2D eigenvalue weighted by atomic mass is 32.1. The molecule has 0 spiro atoms. The molecule has 2 N–H and O–H groups in total. The minimum atomic E-state index is -0.580. The van der Waals surface area contributed by atoms with Crippen molar-refractivity contribution in [2.75, 3.05) is 7.11 Å². The van der Waals surface area contributed by atoms with Gasteiger partial charge in [0.15, 0.2) is 0 Å². The van der Waals surface area contributed by atoms with Gasteiger partial charge >= 0.3 is 5.97 Å². The first-order valence-electron chi connectivity index (χ1n) is 4.35. The molecule has 78 valence electrons. The van der Waals surface area contributed by atoms with Gasteiger partial charge in [-0.05, 0) is 18.1 Å². The van der Waals surface area contributed by atoms with Crippen molar-refractivity contribution in [2.45, 2.75) is 6.42 Å². The van der Waals surface area contributed by atoms with E-state index in [2.05, 4.69) is 4.74 Å². The Labute approximate surface area is 90.3 Å². The smallest absolute Gasteiger partial charge is 0.339 e. The number of carbonyl (C=O) groups excluding carboxylic acids is 2. The normalized spacial score (nSPS) is 12.6. The SMILES string of the molecule is COC(=O)c1c(C(N)=O)sc2c1CC=C2. The molecule has 1 aliphatic carbocycles. The van der Waals surface area contributed by atoms with Crippen LogP contribution < -0.4 is 5.73 Å². The number of rotatable bonds is 2. The third kappa shape index (κ3) is 1.45. The second-order valence-electron chi connectivity index (χ2n) is 3.11. The summed E-state index contributed by atoms with van der Waals surface area (Å²) in [6.07, 6.45) is 4.49. The van der Waals surface area contributed by atoms with Crippen molar-refractivity contribution in [3.8, 4) is 0 Å². The number of methoxy groups -OCH3 is 1. The fourth-order valence-electron chi connectivity index (χ4n) is 1.60. The highest BCUT2D eigenvalue weighted by Gasteiger charge is 2.27. The van der Waals surface area contributed by atoms with Crippen LogP contribution in [0.1, 0.15) is 30.5 Å². The zero-order valence-electron chi connectivity index (χ0n) is 8.07. The molecule has 0 aliphatic heterocycles. The molecule has 15 heavy (non-hydrogen) atoms. The number of nitrogens with two attached hydrogens (primary N) is 1. The number of ether oxygens (including phenoxy) is 1. The van der Waals surface area contributed by atoms with Crippen LogP contribution in [0, 0.1) is 0 Å². The van der Waals surface area contributed by atoms with E-state index in [0.29, 0.717) is 12.0 Å². The van der Waals surface area contributed by atoms with Gasteiger partial charge in [-0.1, -0.05) is 6.08 Å². The Kier molecular flexibility index (Phi) is 2.32. The Morgan fingerprint density at radius 1 is 1.53 bits per heavy atom. The molecule has 4 nitrogen and oxygen atoms in total. The maximum atomic E-state index is 11.5. The van der Waals surface area contributed by atoms with Gasteiger partial charge in [-0.15, -0.1) is 11.3 Å². The summed E-state index contributed by atoms with van der Waals surface area (Å²) in [6.45, 7) is 0. The Hall–Kier alpha value is -1.62. The molecule has 5 heteroatoms. The molecule has 0 bridgehead atoms. The number of carbonyl (C=O) groups is 2. The van der Waals surface area contributed by atoms with Gasteiger partial charge in [-0.3, -0.25) is 4.79 Å². The monoisotopic (exact) mass is 223 g/mol. The number of fused-ring (bicyclic) bond motifs is 1. The van der Waals surface area contributed by atoms with Crippen molar-refractivity contribution in [1.29, 1.82) is 0 Å². The molecule has 1 amide bonds. The van der Waals surface area contributed by atoms with Crippen LogP contribution in [0.15, 0.2) is 6.08 Å². The number of allylic oxidation sites excluding steroid dienone is 1. The summed E-state index contributed by atoms with van der Waals surface area (Å²) in [5.41, 5.74) is 6.38. The van der Waals surface area contributed by atoms with E-state index < -0.39 is 11.9 Å². The van der Waals surface area contributed by atoms with E-state index in [1.165, 1.54) is 18.4 Å². The zero-order valence-corrected chi connectivity index (χ0v) is 8.89. The molecule has 0 saturated heterocycles. The van der Waals surface area contributed by atoms with Gasteiger partial charge in [-0.2, -0.15) is 0 Å². The van der Waals surface area contributed by atoms with E-state index in [-0.39, 0.29) is 4.88 Å². The number of esters is 1. The van der Waals surface area contributed by atoms with Gasteiger partial charge in [0.1, 0.15) is 4.88 Å². The van der Waals surface area contributed by atoms with Crippen molar-refractivity contribution in [2.24, 2.45) is 5.73 Å². The molecule has 0 fully saturated rings. The Morgan fingerprint density at radius 3 is 2.87 bits per heavy atom. The Bertz CT molecular complexity index is 473. The molecule has 1 aliphatic rings. The summed E-state index contributed by atoms with van der Waals surface area (Å²) in [6, 6.07) is 0. The van der Waals surface area contributed by atoms with Crippen LogP contribution in [0.4, 0.5) is 0 Å². The van der Waals surface area contributed by atoms with Gasteiger partial charge in [0.2, 0.25) is 0 Å². The largest absolute Gasteiger partial charge is 0.465 e. The molecule has 0 radical (unpaired) electrons. The first kappa shape index (κ1) is 9.92. The number of amides is 1. The summed E-state index contributed by atoms with van der Waals surface area (Å²) in [4.78, 5) is 23.9. The van der Waals surface area contributed by atoms with E-state index in [9.17, 15) is 9.59 Å². The fourth-order valence-corrected chi connectivity index (χ4v) is 2.70. The van der Waals surface area contributed by atoms with E-state index in [4.69, 9.17) is 5.73 Å². The Morgan fingerprint density at radius 2 is 2.27 bits per heavy atom. The highest BCUT2D eigenvalue weighted by Crippen LogP contribution is 2.34. The van der Waals surface area contributed by atoms with Gasteiger partial charge < -0.3 is 10.5 Å². The molecule has 0 aromatic carbocycles. The average Bonchev–Trinajstić information content (AvgIpc) is 2.74. The Balaban J connectivity index is 2.60. The molecule has 2 rings (SSSR count). The van der Waals surface area contributed by atoms with E-state index in [0.717, 1.165) is 10.4 Å². The van der Waals surface area contributed by atoms with Crippen LogP contribution in [-0.4, -0.2) is 19.0 Å². The van der Waals surface area contributed by atoms with Gasteiger partial charge in [0, 0.05) is 4.88 Å². The third-order valence-corrected chi connectivity index (χ3v) is 3.45. The van der Waals surface area contributed by atoms with Gasteiger partial charge in [-0.25, -0.2) is 4.79 Å². The summed E-state index contributed by atoms with van der Waals surface area (Å²) >= 11 is 1.24. The first-order chi connectivity index (χ1) is 7.15. The van der Waals surface area contributed by atoms with Crippen LogP contribution in [0.2, 0.25) is 0 Å². The predicted molar refractivity (Wildman–Crippen MR) is 56.9 cm³/mol. The average molecular weight is 223 g/mol. The lowest BCUT2D eigenvalue weighted by Crippen LogP contribution is -2.15. The first-order valence-corrected chi connectivity index (χ1v) is 5.17. The molecule has 0 atom stereocenters. The lowest BCUT2D eigenvalue weighted by Gasteiger charge is -2.01. The van der Waals surface area contributed by atoms with Gasteiger partial charge in [0.05, 0.1) is 12.7 Å². The summed E-state index contributed by atoms with van der Waals surface area (Å²) < 4.78 is 4.64. The maximum Gasteiger partial charge on any atom is 0.339 e. The number of thiophene rings is 1. The van der Waals surface area contributed by atoms with Crippen LogP contribution in [0.5, 0.6) is 0 Å². The molecule has 1 aromatic heterocycles. The molecule has 1 heterocycles. The zero-order chi connectivity index (χ0) is 11.0. The topological polar surface area (TPSA) is 69.4 Å². The van der Waals surface area contributed by atoms with E-state index >= 15 is 0 Å². The van der Waals surface area contributed by atoms with Crippen molar-refractivity contribution in [3.05, 3.63) is 27.0 Å². The summed E-state index contributed by atoms with van der Waals surface area (Å²) in [7, 11) is 1.29. The number of hydrogen-bond acceptors (Lipinski definition) is 4. The van der Waals surface area contributed by atoms with Crippen molar-refractivity contribution in [1.82, 2.24) is 0 Å². The van der Waals surface area contributed by atoms with E-state index in [1.54, 1.807) is 0 Å². The van der Waals surface area contributed by atoms with Crippen molar-refractivity contribution in [3.63, 3.8) is 0 Å². The van der Waals surface area contributed by atoms with Crippen LogP contribution in [0.25, 0.3) is 6.08 Å². The molecule has 0 unspecified atom stereocenters. The number of primary amides is 1. The van der Waals surface area contributed by atoms with Gasteiger partial charge in [0.25, 0.3) is 5.91 Å². The van der Waals surface area contributed by atoms with Crippen LogP contribution in [0.3, 0.4) is 0 Å². The lowest BCUT2D eigenvalue weighted by atomic mass is 10.1. The molecular weight excluding hydrogens is 214 g/mol. The highest BCUT2D eigenvalue weighted by molar-refractivity contribution is 7.15. The predicted octanol–water partition coefficient (Wildman–Crippen LogP) is 1.20. The van der Waals surface area contributed by atoms with Crippen LogP contribution >= 0.6 is 11.3 Å². The minimum absolute atomic E-state index is 0.288. The van der Waals surface area contributed by atoms with E-state index in [1.807, 2.05) is 12.2 Å². The number of hydrogen-bond donors (Lipinski definition) is 1. The second kappa shape index (κ2) is 3.51. The van der Waals surface area contributed by atoms with Crippen molar-refractivity contribution < 1.29 is 14.3 Å². The third-order valence-electron chi connectivity index (χ3n) is 2.24. The van der Waals surface area contributed by atoms with Crippen LogP contribution in [-0.2, 0) is 11.2 Å². The van der Waals surface area contributed by atoms with Crippen molar-refractivity contribution >= 4 is 29.3 Å². The second-order valence-corrected chi connectivity index (χ2v) is 4.16. The maximum absolute atomic E-state index is 11.5.